The van der Waals surface area contributed by atoms with Crippen LogP contribution in [0.4, 0.5) is 0 Å². The van der Waals surface area contributed by atoms with E-state index >= 15 is 0 Å². The topological polar surface area (TPSA) is 43.4 Å². The maximum atomic E-state index is 12.6. The van der Waals surface area contributed by atoms with Crippen molar-refractivity contribution in [3.05, 3.63) is 83.6 Å². The predicted molar refractivity (Wildman–Crippen MR) is 90.5 cm³/mol. The van der Waals surface area contributed by atoms with Crippen LogP contribution in [0.1, 0.15) is 40.5 Å². The zero-order valence-corrected chi connectivity index (χ0v) is 13.2. The van der Waals surface area contributed by atoms with Gasteiger partial charge in [0, 0.05) is 17.2 Å². The van der Waals surface area contributed by atoms with Crippen LogP contribution >= 0.6 is 0 Å². The highest BCUT2D eigenvalue weighted by Crippen LogP contribution is 2.13. The van der Waals surface area contributed by atoms with E-state index in [0.29, 0.717) is 17.7 Å². The summed E-state index contributed by atoms with van der Waals surface area (Å²) in [4.78, 5) is 24.9. The summed E-state index contributed by atoms with van der Waals surface area (Å²) >= 11 is 0. The van der Waals surface area contributed by atoms with Crippen LogP contribution in [-0.4, -0.2) is 18.2 Å². The SMILES string of the molecule is CCCCO/C(=C\C(=O)c1ccccc1)C(=O)c1ccccc1. The maximum absolute atomic E-state index is 12.6. The number of ether oxygens (including phenoxy) is 1. The standard InChI is InChI=1S/C20H20O3/c1-2-3-14-23-19(20(22)17-12-8-5-9-13-17)15-18(21)16-10-6-4-7-11-16/h4-13,15H,2-3,14H2,1H3/b19-15-. The maximum Gasteiger partial charge on any atom is 0.227 e. The first-order valence-electron chi connectivity index (χ1n) is 7.76. The summed E-state index contributed by atoms with van der Waals surface area (Å²) in [6, 6.07) is 17.7. The molecule has 0 bridgehead atoms. The number of carbonyl (C=O) groups excluding carboxylic acids is 2. The third-order valence-electron chi connectivity index (χ3n) is 3.34. The summed E-state index contributed by atoms with van der Waals surface area (Å²) in [5.41, 5.74) is 1.04. The van der Waals surface area contributed by atoms with Gasteiger partial charge in [-0.1, -0.05) is 74.0 Å². The molecule has 0 spiro atoms. The molecule has 0 unspecified atom stereocenters. The van der Waals surface area contributed by atoms with Crippen LogP contribution in [0.25, 0.3) is 0 Å². The Kier molecular flexibility index (Phi) is 6.30. The number of rotatable bonds is 8. The summed E-state index contributed by atoms with van der Waals surface area (Å²) in [7, 11) is 0. The summed E-state index contributed by atoms with van der Waals surface area (Å²) in [6.07, 6.45) is 3.08. The molecule has 3 nitrogen and oxygen atoms in total. The van der Waals surface area contributed by atoms with E-state index in [1.165, 1.54) is 6.08 Å². The van der Waals surface area contributed by atoms with Gasteiger partial charge >= 0.3 is 0 Å². The van der Waals surface area contributed by atoms with Crippen molar-refractivity contribution in [1.82, 2.24) is 0 Å². The van der Waals surface area contributed by atoms with Gasteiger partial charge in [-0.15, -0.1) is 0 Å². The fourth-order valence-electron chi connectivity index (χ4n) is 2.04. The summed E-state index contributed by atoms with van der Waals surface area (Å²) < 4.78 is 5.58. The summed E-state index contributed by atoms with van der Waals surface area (Å²) in [5.74, 6) is -0.411. The first-order chi connectivity index (χ1) is 11.2. The fraction of sp³-hybridized carbons (Fsp3) is 0.200. The van der Waals surface area contributed by atoms with E-state index in [-0.39, 0.29) is 17.3 Å². The Bertz CT molecular complexity index is 673. The van der Waals surface area contributed by atoms with E-state index in [4.69, 9.17) is 4.74 Å². The molecule has 0 aromatic heterocycles. The number of carbonyl (C=O) groups is 2. The lowest BCUT2D eigenvalue weighted by Crippen LogP contribution is -2.10. The molecule has 0 aliphatic heterocycles. The number of unbranched alkanes of at least 4 members (excludes halogenated alkanes) is 1. The normalized spacial score (nSPS) is 11.1. The Morgan fingerprint density at radius 1 is 0.913 bits per heavy atom. The molecule has 0 radical (unpaired) electrons. The molecule has 0 saturated carbocycles. The summed E-state index contributed by atoms with van der Waals surface area (Å²) in [6.45, 7) is 2.46. The third kappa shape index (κ3) is 4.92. The van der Waals surface area contributed by atoms with Gasteiger partial charge in [0.2, 0.25) is 5.78 Å². The molecule has 3 heteroatoms. The molecule has 0 atom stereocenters. The molecular weight excluding hydrogens is 288 g/mol. The molecule has 0 aliphatic rings. The smallest absolute Gasteiger partial charge is 0.227 e. The molecule has 0 saturated heterocycles. The molecule has 0 fully saturated rings. The van der Waals surface area contributed by atoms with Crippen molar-refractivity contribution in [2.45, 2.75) is 19.8 Å². The van der Waals surface area contributed by atoms with Gasteiger partial charge in [0.1, 0.15) is 0 Å². The van der Waals surface area contributed by atoms with Crippen LogP contribution < -0.4 is 0 Å². The van der Waals surface area contributed by atoms with Crippen LogP contribution in [0.5, 0.6) is 0 Å². The highest BCUT2D eigenvalue weighted by molar-refractivity contribution is 6.13. The van der Waals surface area contributed by atoms with Crippen LogP contribution in [0.2, 0.25) is 0 Å². The highest BCUT2D eigenvalue weighted by Gasteiger charge is 2.16. The van der Waals surface area contributed by atoms with Gasteiger partial charge < -0.3 is 4.74 Å². The van der Waals surface area contributed by atoms with E-state index in [1.54, 1.807) is 48.5 Å². The first kappa shape index (κ1) is 16.7. The second kappa shape index (κ2) is 8.69. The molecule has 0 aliphatic carbocycles. The largest absolute Gasteiger partial charge is 0.489 e. The van der Waals surface area contributed by atoms with Gasteiger partial charge in [-0.2, -0.15) is 0 Å². The van der Waals surface area contributed by atoms with Gasteiger partial charge in [-0.3, -0.25) is 9.59 Å². The Hall–Kier alpha value is -2.68. The molecule has 2 rings (SSSR count). The minimum absolute atomic E-state index is 0.0958. The Morgan fingerprint density at radius 3 is 2.04 bits per heavy atom. The molecule has 0 N–H and O–H groups in total. The number of Topliss-reactive ketones (excluding diaryl/α,β-unsaturated/α-hetero) is 1. The average molecular weight is 308 g/mol. The lowest BCUT2D eigenvalue weighted by atomic mass is 10.1. The van der Waals surface area contributed by atoms with E-state index in [9.17, 15) is 9.59 Å². The lowest BCUT2D eigenvalue weighted by Gasteiger charge is -2.09. The quantitative estimate of drug-likeness (QED) is 0.313. The van der Waals surface area contributed by atoms with Gasteiger partial charge in [0.15, 0.2) is 11.5 Å². The average Bonchev–Trinajstić information content (AvgIpc) is 2.62. The van der Waals surface area contributed by atoms with Gasteiger partial charge in [-0.25, -0.2) is 0 Å². The van der Waals surface area contributed by atoms with Crippen molar-refractivity contribution in [2.75, 3.05) is 6.61 Å². The van der Waals surface area contributed by atoms with Crippen LogP contribution in [0.3, 0.4) is 0 Å². The number of benzene rings is 2. The zero-order valence-electron chi connectivity index (χ0n) is 13.2. The molecule has 23 heavy (non-hydrogen) atoms. The molecule has 0 amide bonds. The Morgan fingerprint density at radius 2 is 1.48 bits per heavy atom. The number of hydrogen-bond acceptors (Lipinski definition) is 3. The van der Waals surface area contributed by atoms with Gasteiger partial charge in [0.05, 0.1) is 6.61 Å². The van der Waals surface area contributed by atoms with Crippen LogP contribution in [0.15, 0.2) is 72.5 Å². The first-order valence-corrected chi connectivity index (χ1v) is 7.76. The van der Waals surface area contributed by atoms with Crippen LogP contribution in [0, 0.1) is 0 Å². The van der Waals surface area contributed by atoms with Gasteiger partial charge in [-0.05, 0) is 6.42 Å². The Balaban J connectivity index is 2.24. The number of ketones is 2. The van der Waals surface area contributed by atoms with Gasteiger partial charge in [0.25, 0.3) is 0 Å². The zero-order chi connectivity index (χ0) is 16.5. The molecule has 0 heterocycles. The van der Waals surface area contributed by atoms with Crippen LogP contribution in [-0.2, 0) is 4.74 Å². The van der Waals surface area contributed by atoms with E-state index in [1.807, 2.05) is 19.1 Å². The van der Waals surface area contributed by atoms with Crippen molar-refractivity contribution in [3.8, 4) is 0 Å². The molecular formula is C20H20O3. The predicted octanol–water partition coefficient (Wildman–Crippen LogP) is 4.45. The number of hydrogen-bond donors (Lipinski definition) is 0. The minimum atomic E-state index is -0.272. The fourth-order valence-corrected chi connectivity index (χ4v) is 2.04. The summed E-state index contributed by atoms with van der Waals surface area (Å²) in [5, 5.41) is 0. The Labute approximate surface area is 136 Å². The van der Waals surface area contributed by atoms with Crippen molar-refractivity contribution in [2.24, 2.45) is 0 Å². The third-order valence-corrected chi connectivity index (χ3v) is 3.34. The van der Waals surface area contributed by atoms with Crippen molar-refractivity contribution in [3.63, 3.8) is 0 Å². The number of allylic oxidation sites excluding steroid dienone is 2. The molecule has 2 aromatic carbocycles. The van der Waals surface area contributed by atoms with E-state index < -0.39 is 0 Å². The molecule has 118 valence electrons. The van der Waals surface area contributed by atoms with E-state index in [0.717, 1.165) is 12.8 Å². The molecule has 2 aromatic rings. The van der Waals surface area contributed by atoms with E-state index in [2.05, 4.69) is 0 Å². The van der Waals surface area contributed by atoms with Crippen molar-refractivity contribution < 1.29 is 14.3 Å². The lowest BCUT2D eigenvalue weighted by molar-refractivity contribution is 0.0899. The second-order valence-electron chi connectivity index (χ2n) is 5.14. The minimum Gasteiger partial charge on any atom is -0.489 e. The van der Waals surface area contributed by atoms with Crippen molar-refractivity contribution in [1.29, 1.82) is 0 Å². The second-order valence-corrected chi connectivity index (χ2v) is 5.14. The monoisotopic (exact) mass is 308 g/mol. The highest BCUT2D eigenvalue weighted by atomic mass is 16.5. The van der Waals surface area contributed by atoms with Crippen molar-refractivity contribution >= 4 is 11.6 Å².